The molecule has 0 saturated heterocycles. The summed E-state index contributed by atoms with van der Waals surface area (Å²) < 4.78 is 0. The molecule has 25 heavy (non-hydrogen) atoms. The molecule has 3 rings (SSSR count). The summed E-state index contributed by atoms with van der Waals surface area (Å²) in [6.45, 7) is 1.53. The number of amides is 1. The molecule has 0 aliphatic carbocycles. The summed E-state index contributed by atoms with van der Waals surface area (Å²) in [4.78, 5) is 27.8. The third-order valence-corrected chi connectivity index (χ3v) is 3.60. The minimum atomic E-state index is -0.206. The van der Waals surface area contributed by atoms with Crippen molar-refractivity contribution in [3.63, 3.8) is 0 Å². The first-order valence-electron chi connectivity index (χ1n) is 7.82. The normalized spacial score (nSPS) is 10.1. The number of pyridine rings is 1. The highest BCUT2D eigenvalue weighted by atomic mass is 16.1. The topological polar surface area (TPSA) is 71.1 Å². The van der Waals surface area contributed by atoms with E-state index in [2.05, 4.69) is 15.6 Å². The van der Waals surface area contributed by atoms with Crippen LogP contribution in [0.4, 0.5) is 17.2 Å². The van der Waals surface area contributed by atoms with Gasteiger partial charge in [0.25, 0.3) is 5.91 Å². The Morgan fingerprint density at radius 3 is 2.28 bits per heavy atom. The van der Waals surface area contributed by atoms with Crippen LogP contribution >= 0.6 is 0 Å². The Labute approximate surface area is 145 Å². The number of anilines is 3. The summed E-state index contributed by atoms with van der Waals surface area (Å²) in [5, 5.41) is 5.93. The molecule has 0 fully saturated rings. The van der Waals surface area contributed by atoms with Gasteiger partial charge in [0.05, 0.1) is 11.9 Å². The van der Waals surface area contributed by atoms with Crippen LogP contribution in [0.2, 0.25) is 0 Å². The van der Waals surface area contributed by atoms with Gasteiger partial charge in [0, 0.05) is 16.8 Å². The van der Waals surface area contributed by atoms with Crippen molar-refractivity contribution in [2.45, 2.75) is 6.92 Å². The van der Waals surface area contributed by atoms with Crippen molar-refractivity contribution in [3.05, 3.63) is 84.1 Å². The van der Waals surface area contributed by atoms with E-state index < -0.39 is 0 Å². The molecule has 0 bridgehead atoms. The van der Waals surface area contributed by atoms with Gasteiger partial charge in [0.1, 0.15) is 5.82 Å². The summed E-state index contributed by atoms with van der Waals surface area (Å²) in [6, 6.07) is 19.7. The fraction of sp³-hybridized carbons (Fsp3) is 0.0500. The maximum atomic E-state index is 12.1. The van der Waals surface area contributed by atoms with Crippen molar-refractivity contribution in [2.24, 2.45) is 0 Å². The molecule has 0 saturated carbocycles. The van der Waals surface area contributed by atoms with Crippen LogP contribution in [0, 0.1) is 0 Å². The third-order valence-electron chi connectivity index (χ3n) is 3.60. The van der Waals surface area contributed by atoms with Gasteiger partial charge in [-0.05, 0) is 43.3 Å². The summed E-state index contributed by atoms with van der Waals surface area (Å²) in [5.41, 5.74) is 2.78. The van der Waals surface area contributed by atoms with E-state index in [-0.39, 0.29) is 11.7 Å². The molecule has 2 aromatic carbocycles. The smallest absolute Gasteiger partial charge is 0.256 e. The van der Waals surface area contributed by atoms with Crippen LogP contribution < -0.4 is 10.6 Å². The van der Waals surface area contributed by atoms with E-state index in [0.717, 1.165) is 11.4 Å². The second-order valence-electron chi connectivity index (χ2n) is 5.51. The molecule has 0 aliphatic heterocycles. The Hall–Kier alpha value is -3.47. The summed E-state index contributed by atoms with van der Waals surface area (Å²) in [7, 11) is 0. The van der Waals surface area contributed by atoms with Gasteiger partial charge < -0.3 is 10.6 Å². The lowest BCUT2D eigenvalue weighted by atomic mass is 10.1. The lowest BCUT2D eigenvalue weighted by Gasteiger charge is -2.09. The van der Waals surface area contributed by atoms with Crippen LogP contribution in [0.15, 0.2) is 72.9 Å². The summed E-state index contributed by atoms with van der Waals surface area (Å²) in [5.74, 6) is 0.278. The van der Waals surface area contributed by atoms with Gasteiger partial charge in [-0.3, -0.25) is 9.59 Å². The van der Waals surface area contributed by atoms with E-state index in [1.54, 1.807) is 36.5 Å². The van der Waals surface area contributed by atoms with E-state index >= 15 is 0 Å². The number of rotatable bonds is 5. The standard InChI is InChI=1S/C20H17N3O2/c1-14(24)16-8-5-9-17(12-16)22-18-10-11-19(21-13-18)23-20(25)15-6-3-2-4-7-15/h2-13,22H,1H3,(H,21,23,25). The van der Waals surface area contributed by atoms with Crippen molar-refractivity contribution in [3.8, 4) is 0 Å². The van der Waals surface area contributed by atoms with Gasteiger partial charge in [0.2, 0.25) is 0 Å². The van der Waals surface area contributed by atoms with Crippen molar-refractivity contribution < 1.29 is 9.59 Å². The monoisotopic (exact) mass is 331 g/mol. The predicted octanol–water partition coefficient (Wildman–Crippen LogP) is 4.28. The number of carbonyl (C=O) groups is 2. The first kappa shape index (κ1) is 16.4. The highest BCUT2D eigenvalue weighted by Crippen LogP contribution is 2.18. The molecule has 1 amide bonds. The number of nitrogens with zero attached hydrogens (tertiary/aromatic N) is 1. The Balaban J connectivity index is 1.67. The summed E-state index contributed by atoms with van der Waals surface area (Å²) in [6.07, 6.45) is 1.63. The first-order chi connectivity index (χ1) is 12.1. The van der Waals surface area contributed by atoms with E-state index in [4.69, 9.17) is 0 Å². The molecule has 0 spiro atoms. The van der Waals surface area contributed by atoms with Crippen molar-refractivity contribution in [1.82, 2.24) is 4.98 Å². The SMILES string of the molecule is CC(=O)c1cccc(Nc2ccc(NC(=O)c3ccccc3)nc2)c1. The maximum absolute atomic E-state index is 12.1. The number of hydrogen-bond donors (Lipinski definition) is 2. The Morgan fingerprint density at radius 1 is 0.840 bits per heavy atom. The highest BCUT2D eigenvalue weighted by Gasteiger charge is 2.06. The lowest BCUT2D eigenvalue weighted by Crippen LogP contribution is -2.12. The molecule has 0 radical (unpaired) electrons. The molecular formula is C20H17N3O2. The van der Waals surface area contributed by atoms with Gasteiger partial charge in [-0.2, -0.15) is 0 Å². The Kier molecular flexibility index (Phi) is 4.85. The average molecular weight is 331 g/mol. The number of hydrogen-bond acceptors (Lipinski definition) is 4. The number of carbonyl (C=O) groups excluding carboxylic acids is 2. The van der Waals surface area contributed by atoms with Crippen molar-refractivity contribution >= 4 is 28.9 Å². The van der Waals surface area contributed by atoms with E-state index in [9.17, 15) is 9.59 Å². The molecule has 1 aromatic heterocycles. The van der Waals surface area contributed by atoms with E-state index in [1.807, 2.05) is 36.4 Å². The minimum Gasteiger partial charge on any atom is -0.354 e. The van der Waals surface area contributed by atoms with Crippen LogP contribution in [-0.2, 0) is 0 Å². The number of Topliss-reactive ketones (excluding diaryl/α,β-unsaturated/α-hetero) is 1. The molecule has 124 valence electrons. The van der Waals surface area contributed by atoms with Crippen LogP contribution in [-0.4, -0.2) is 16.7 Å². The zero-order chi connectivity index (χ0) is 17.6. The minimum absolute atomic E-state index is 0.0146. The number of nitrogens with one attached hydrogen (secondary N) is 2. The molecule has 0 unspecified atom stereocenters. The lowest BCUT2D eigenvalue weighted by molar-refractivity contribution is 0.101. The highest BCUT2D eigenvalue weighted by molar-refractivity contribution is 6.03. The molecule has 0 aliphatic rings. The second kappa shape index (κ2) is 7.40. The largest absolute Gasteiger partial charge is 0.354 e. The maximum Gasteiger partial charge on any atom is 0.256 e. The fourth-order valence-electron chi connectivity index (χ4n) is 2.30. The van der Waals surface area contributed by atoms with Gasteiger partial charge in [-0.25, -0.2) is 4.98 Å². The zero-order valence-corrected chi connectivity index (χ0v) is 13.7. The first-order valence-corrected chi connectivity index (χ1v) is 7.82. The van der Waals surface area contributed by atoms with Gasteiger partial charge >= 0.3 is 0 Å². The van der Waals surface area contributed by atoms with Gasteiger partial charge in [-0.1, -0.05) is 30.3 Å². The molecular weight excluding hydrogens is 314 g/mol. The van der Waals surface area contributed by atoms with Gasteiger partial charge in [0.15, 0.2) is 5.78 Å². The zero-order valence-electron chi connectivity index (χ0n) is 13.7. The van der Waals surface area contributed by atoms with Gasteiger partial charge in [-0.15, -0.1) is 0 Å². The van der Waals surface area contributed by atoms with Crippen LogP contribution in [0.5, 0.6) is 0 Å². The number of ketones is 1. The molecule has 5 heteroatoms. The van der Waals surface area contributed by atoms with Crippen LogP contribution in [0.3, 0.4) is 0 Å². The third kappa shape index (κ3) is 4.29. The van der Waals surface area contributed by atoms with Crippen molar-refractivity contribution in [2.75, 3.05) is 10.6 Å². The number of benzene rings is 2. The molecule has 0 atom stereocenters. The Morgan fingerprint density at radius 2 is 1.60 bits per heavy atom. The molecule has 3 aromatic rings. The second-order valence-corrected chi connectivity index (χ2v) is 5.51. The predicted molar refractivity (Wildman–Crippen MR) is 98.4 cm³/mol. The van der Waals surface area contributed by atoms with Crippen LogP contribution in [0.1, 0.15) is 27.6 Å². The molecule has 5 nitrogen and oxygen atoms in total. The number of aromatic nitrogens is 1. The molecule has 1 heterocycles. The van der Waals surface area contributed by atoms with E-state index in [0.29, 0.717) is 16.9 Å². The Bertz CT molecular complexity index is 890. The quantitative estimate of drug-likeness (QED) is 0.685. The fourth-order valence-corrected chi connectivity index (χ4v) is 2.30. The van der Waals surface area contributed by atoms with Crippen molar-refractivity contribution in [1.29, 1.82) is 0 Å². The van der Waals surface area contributed by atoms with E-state index in [1.165, 1.54) is 6.92 Å². The van der Waals surface area contributed by atoms with Crippen LogP contribution in [0.25, 0.3) is 0 Å². The molecule has 2 N–H and O–H groups in total. The average Bonchev–Trinajstić information content (AvgIpc) is 2.64. The summed E-state index contributed by atoms with van der Waals surface area (Å²) >= 11 is 0.